The summed E-state index contributed by atoms with van der Waals surface area (Å²) in [5, 5.41) is 1.66. The zero-order valence-corrected chi connectivity index (χ0v) is 12.9. The molecule has 0 spiro atoms. The number of fused-ring (bicyclic) bond motifs is 3. The smallest absolute Gasteiger partial charge is 0.258 e. The van der Waals surface area contributed by atoms with E-state index < -0.39 is 0 Å². The van der Waals surface area contributed by atoms with Crippen LogP contribution in [-0.2, 0) is 6.54 Å². The van der Waals surface area contributed by atoms with Crippen LogP contribution < -0.4 is 5.56 Å². The number of H-pyrrole nitrogens is 1. The van der Waals surface area contributed by atoms with Crippen LogP contribution in [0.2, 0.25) is 0 Å². The summed E-state index contributed by atoms with van der Waals surface area (Å²) < 4.78 is 2.39. The molecular formula is C14H20N2OS2. The first-order chi connectivity index (χ1) is 9.22. The van der Waals surface area contributed by atoms with Gasteiger partial charge in [0.1, 0.15) is 0 Å². The summed E-state index contributed by atoms with van der Waals surface area (Å²) in [6.07, 6.45) is 7.01. The molecule has 1 fully saturated rings. The van der Waals surface area contributed by atoms with Crippen LogP contribution in [0.4, 0.5) is 0 Å². The lowest BCUT2D eigenvalue weighted by Crippen LogP contribution is -2.27. The molecule has 5 heteroatoms. The molecule has 0 radical (unpaired) electrons. The van der Waals surface area contributed by atoms with Crippen LogP contribution in [0, 0.1) is 4.77 Å². The van der Waals surface area contributed by atoms with Crippen LogP contribution in [0.5, 0.6) is 0 Å². The van der Waals surface area contributed by atoms with Gasteiger partial charge in [-0.3, -0.25) is 9.36 Å². The Morgan fingerprint density at radius 3 is 3.05 bits per heavy atom. The van der Waals surface area contributed by atoms with Crippen molar-refractivity contribution in [2.24, 2.45) is 0 Å². The number of aromatic amines is 1. The summed E-state index contributed by atoms with van der Waals surface area (Å²) in [6, 6.07) is 0. The molecule has 2 unspecified atom stereocenters. The average molecular weight is 296 g/mol. The highest BCUT2D eigenvalue weighted by molar-refractivity contribution is 8.00. The topological polar surface area (TPSA) is 37.8 Å². The van der Waals surface area contributed by atoms with Crippen molar-refractivity contribution >= 4 is 24.0 Å². The van der Waals surface area contributed by atoms with E-state index in [9.17, 15) is 4.79 Å². The molecule has 3 rings (SSSR count). The number of aromatic nitrogens is 2. The molecule has 1 N–H and O–H groups in total. The zero-order chi connectivity index (χ0) is 13.4. The number of unbranched alkanes of at least 4 members (excludes halogenated alkanes) is 2. The van der Waals surface area contributed by atoms with Crippen molar-refractivity contribution in [1.29, 1.82) is 0 Å². The lowest BCUT2D eigenvalue weighted by atomic mass is 10.0. The fourth-order valence-electron chi connectivity index (χ4n) is 3.26. The van der Waals surface area contributed by atoms with Crippen LogP contribution in [0.25, 0.3) is 0 Å². The number of nitrogens with zero attached hydrogens (tertiary/aromatic N) is 1. The van der Waals surface area contributed by atoms with E-state index in [0.29, 0.717) is 15.9 Å². The van der Waals surface area contributed by atoms with Gasteiger partial charge in [-0.25, -0.2) is 0 Å². The fraction of sp³-hybridized carbons (Fsp3) is 0.714. The zero-order valence-electron chi connectivity index (χ0n) is 11.3. The van der Waals surface area contributed by atoms with Gasteiger partial charge in [-0.05, 0) is 31.5 Å². The van der Waals surface area contributed by atoms with E-state index in [2.05, 4.69) is 11.9 Å². The maximum Gasteiger partial charge on any atom is 0.258 e. The predicted octanol–water partition coefficient (Wildman–Crippen LogP) is 3.84. The predicted molar refractivity (Wildman–Crippen MR) is 81.6 cm³/mol. The van der Waals surface area contributed by atoms with Gasteiger partial charge >= 0.3 is 0 Å². The van der Waals surface area contributed by atoms with E-state index in [4.69, 9.17) is 12.2 Å². The molecular weight excluding hydrogens is 276 g/mol. The second kappa shape index (κ2) is 5.44. The minimum absolute atomic E-state index is 0.178. The third-order valence-electron chi connectivity index (χ3n) is 4.26. The van der Waals surface area contributed by atoms with E-state index in [-0.39, 0.29) is 5.56 Å². The van der Waals surface area contributed by atoms with Crippen molar-refractivity contribution in [2.75, 3.05) is 0 Å². The van der Waals surface area contributed by atoms with Crippen molar-refractivity contribution < 1.29 is 0 Å². The third-order valence-corrected chi connectivity index (χ3v) is 6.01. The largest absolute Gasteiger partial charge is 0.327 e. The Labute approximate surface area is 122 Å². The maximum absolute atomic E-state index is 12.7. The van der Waals surface area contributed by atoms with Crippen molar-refractivity contribution in [3.8, 4) is 0 Å². The molecule has 1 aliphatic carbocycles. The van der Waals surface area contributed by atoms with Gasteiger partial charge in [0, 0.05) is 17.7 Å². The number of thioether (sulfide) groups is 1. The quantitative estimate of drug-likeness (QED) is 0.521. The Hall–Kier alpha value is -0.550. The van der Waals surface area contributed by atoms with E-state index in [1.807, 2.05) is 11.8 Å². The molecule has 0 saturated heterocycles. The van der Waals surface area contributed by atoms with Gasteiger partial charge in [0.25, 0.3) is 5.56 Å². The molecule has 1 aromatic rings. The summed E-state index contributed by atoms with van der Waals surface area (Å²) in [5.41, 5.74) is 1.20. The molecule has 2 atom stereocenters. The molecule has 1 saturated carbocycles. The fourth-order valence-corrected chi connectivity index (χ4v) is 5.14. The molecule has 0 aromatic carbocycles. The Balaban J connectivity index is 1.97. The van der Waals surface area contributed by atoms with E-state index in [1.54, 1.807) is 4.57 Å². The Morgan fingerprint density at radius 2 is 2.26 bits per heavy atom. The average Bonchev–Trinajstić information content (AvgIpc) is 2.93. The van der Waals surface area contributed by atoms with Gasteiger partial charge in [-0.2, -0.15) is 0 Å². The highest BCUT2D eigenvalue weighted by atomic mass is 32.2. The summed E-state index contributed by atoms with van der Waals surface area (Å²) in [5.74, 6) is 0.469. The summed E-state index contributed by atoms with van der Waals surface area (Å²) in [4.78, 5) is 16.0. The van der Waals surface area contributed by atoms with Crippen molar-refractivity contribution in [2.45, 2.75) is 68.2 Å². The van der Waals surface area contributed by atoms with E-state index in [1.165, 1.54) is 19.3 Å². The highest BCUT2D eigenvalue weighted by Crippen LogP contribution is 2.51. The van der Waals surface area contributed by atoms with E-state index in [0.717, 1.165) is 36.4 Å². The van der Waals surface area contributed by atoms with Crippen molar-refractivity contribution in [1.82, 2.24) is 9.55 Å². The monoisotopic (exact) mass is 296 g/mol. The number of rotatable bonds is 4. The Kier molecular flexibility index (Phi) is 3.85. The summed E-state index contributed by atoms with van der Waals surface area (Å²) in [6.45, 7) is 2.93. The minimum Gasteiger partial charge on any atom is -0.327 e. The molecule has 0 amide bonds. The normalized spacial score (nSPS) is 24.5. The molecule has 2 heterocycles. The Morgan fingerprint density at radius 1 is 1.42 bits per heavy atom. The van der Waals surface area contributed by atoms with Gasteiger partial charge in [0.15, 0.2) is 4.77 Å². The second-order valence-corrected chi connectivity index (χ2v) is 7.17. The SMILES string of the molecule is CCCCCn1c(=S)[nH]c2c(c1=O)C1CCCC1S2. The minimum atomic E-state index is 0.178. The van der Waals surface area contributed by atoms with Crippen molar-refractivity contribution in [3.05, 3.63) is 20.7 Å². The standard InChI is InChI=1S/C14H20N2OS2/c1-2-3-4-8-16-13(17)11-9-6-5-7-10(9)19-12(11)15-14(16)18/h9-10H,2-8H2,1H3,(H,15,18). The number of hydrogen-bond acceptors (Lipinski definition) is 3. The van der Waals surface area contributed by atoms with Gasteiger partial charge < -0.3 is 4.98 Å². The van der Waals surface area contributed by atoms with Crippen molar-refractivity contribution in [3.63, 3.8) is 0 Å². The van der Waals surface area contributed by atoms with Crippen LogP contribution in [0.15, 0.2) is 9.82 Å². The lowest BCUT2D eigenvalue weighted by molar-refractivity contribution is 0.555. The maximum atomic E-state index is 12.7. The van der Waals surface area contributed by atoms with E-state index >= 15 is 0 Å². The van der Waals surface area contributed by atoms with Crippen LogP contribution in [-0.4, -0.2) is 14.8 Å². The first-order valence-corrected chi connectivity index (χ1v) is 8.55. The summed E-state index contributed by atoms with van der Waals surface area (Å²) in [7, 11) is 0. The molecule has 1 aromatic heterocycles. The molecule has 104 valence electrons. The van der Waals surface area contributed by atoms with Crippen LogP contribution >= 0.6 is 24.0 Å². The molecule has 19 heavy (non-hydrogen) atoms. The van der Waals surface area contributed by atoms with Crippen LogP contribution in [0.1, 0.15) is 56.9 Å². The van der Waals surface area contributed by atoms with Gasteiger partial charge in [-0.1, -0.05) is 26.2 Å². The first kappa shape index (κ1) is 13.4. The molecule has 2 aliphatic rings. The highest BCUT2D eigenvalue weighted by Gasteiger charge is 2.39. The third kappa shape index (κ3) is 2.31. The second-order valence-electron chi connectivity index (χ2n) is 5.53. The molecule has 3 nitrogen and oxygen atoms in total. The molecule has 0 bridgehead atoms. The first-order valence-electron chi connectivity index (χ1n) is 7.26. The van der Waals surface area contributed by atoms with Gasteiger partial charge in [-0.15, -0.1) is 11.8 Å². The summed E-state index contributed by atoms with van der Waals surface area (Å²) >= 11 is 7.19. The van der Waals surface area contributed by atoms with Gasteiger partial charge in [0.05, 0.1) is 10.6 Å². The number of hydrogen-bond donors (Lipinski definition) is 1. The van der Waals surface area contributed by atoms with Gasteiger partial charge in [0.2, 0.25) is 0 Å². The van der Waals surface area contributed by atoms with Crippen LogP contribution in [0.3, 0.4) is 0 Å². The molecule has 1 aliphatic heterocycles. The number of nitrogens with one attached hydrogen (secondary N) is 1. The lowest BCUT2D eigenvalue weighted by Gasteiger charge is -2.11. The Bertz CT molecular complexity index is 590.